The molecule has 88 valence electrons. The number of hydrazine groups is 1. The minimum atomic E-state index is 0.518. The van der Waals surface area contributed by atoms with Gasteiger partial charge < -0.3 is 5.32 Å². The number of guanidine groups is 1. The summed E-state index contributed by atoms with van der Waals surface area (Å²) in [5.41, 5.74) is 3.33. The predicted molar refractivity (Wildman–Crippen MR) is 72.7 cm³/mol. The summed E-state index contributed by atoms with van der Waals surface area (Å²) in [5, 5.41) is 3.69. The summed E-state index contributed by atoms with van der Waals surface area (Å²) in [6.07, 6.45) is 0.962. The Bertz CT molecular complexity index is 381. The van der Waals surface area contributed by atoms with Crippen molar-refractivity contribution in [1.29, 1.82) is 0 Å². The summed E-state index contributed by atoms with van der Waals surface area (Å²) in [6, 6.07) is 5.54. The van der Waals surface area contributed by atoms with Crippen LogP contribution < -0.4 is 16.6 Å². The number of benzene rings is 1. The van der Waals surface area contributed by atoms with Gasteiger partial charge in [-0.25, -0.2) is 5.84 Å². The lowest BCUT2D eigenvalue weighted by atomic mass is 10.3. The lowest BCUT2D eigenvalue weighted by molar-refractivity contribution is 0.905. The van der Waals surface area contributed by atoms with Crippen molar-refractivity contribution in [2.45, 2.75) is 13.3 Å². The average Bonchev–Trinajstić information content (AvgIpc) is 2.30. The summed E-state index contributed by atoms with van der Waals surface area (Å²) < 4.78 is 0.788. The van der Waals surface area contributed by atoms with Gasteiger partial charge in [0.05, 0.1) is 15.2 Å². The molecule has 0 aromatic heterocycles. The van der Waals surface area contributed by atoms with Crippen molar-refractivity contribution >= 4 is 39.2 Å². The maximum absolute atomic E-state index is 5.97. The second-order valence-electron chi connectivity index (χ2n) is 3.10. The Labute approximate surface area is 108 Å². The topological polar surface area (TPSA) is 62.4 Å². The van der Waals surface area contributed by atoms with Crippen molar-refractivity contribution < 1.29 is 0 Å². The van der Waals surface area contributed by atoms with Gasteiger partial charge in [0, 0.05) is 6.54 Å². The fourth-order valence-corrected chi connectivity index (χ4v) is 1.61. The van der Waals surface area contributed by atoms with Crippen molar-refractivity contribution in [3.05, 3.63) is 27.7 Å². The third-order valence-electron chi connectivity index (χ3n) is 1.83. The second kappa shape index (κ2) is 6.73. The molecule has 0 aliphatic heterocycles. The van der Waals surface area contributed by atoms with Crippen LogP contribution in [0.4, 0.5) is 5.69 Å². The standard InChI is InChI=1S/C10H14BrClN4/c1-2-6-14-10(16-13)15-8-5-3-4-7(12)9(8)11/h3-5H,2,6,13H2,1H3,(H2,14,15,16). The molecule has 0 saturated heterocycles. The molecule has 4 N–H and O–H groups in total. The molecule has 1 aromatic carbocycles. The Morgan fingerprint density at radius 2 is 2.31 bits per heavy atom. The van der Waals surface area contributed by atoms with Gasteiger partial charge in [-0.15, -0.1) is 0 Å². The third kappa shape index (κ3) is 3.66. The highest BCUT2D eigenvalue weighted by molar-refractivity contribution is 9.10. The van der Waals surface area contributed by atoms with E-state index in [1.807, 2.05) is 19.1 Å². The highest BCUT2D eigenvalue weighted by Gasteiger charge is 2.05. The SMILES string of the molecule is CCCN=C(NN)Nc1cccc(Cl)c1Br. The van der Waals surface area contributed by atoms with Crippen LogP contribution in [0.25, 0.3) is 0 Å². The molecule has 0 bridgehead atoms. The van der Waals surface area contributed by atoms with Crippen LogP contribution in [0.3, 0.4) is 0 Å². The van der Waals surface area contributed by atoms with Crippen molar-refractivity contribution in [1.82, 2.24) is 5.43 Å². The molecule has 0 spiro atoms. The van der Waals surface area contributed by atoms with Gasteiger partial charge in [0.2, 0.25) is 5.96 Å². The first-order chi connectivity index (χ1) is 7.69. The van der Waals surface area contributed by atoms with Crippen LogP contribution in [0.2, 0.25) is 5.02 Å². The predicted octanol–water partition coefficient (Wildman–Crippen LogP) is 2.74. The molecular weight excluding hydrogens is 291 g/mol. The van der Waals surface area contributed by atoms with Gasteiger partial charge in [0.25, 0.3) is 0 Å². The zero-order chi connectivity index (χ0) is 12.0. The van der Waals surface area contributed by atoms with Crippen LogP contribution in [0, 0.1) is 0 Å². The Hall–Kier alpha value is -0.780. The summed E-state index contributed by atoms with van der Waals surface area (Å²) in [6.45, 7) is 2.76. The monoisotopic (exact) mass is 304 g/mol. The molecule has 0 aliphatic rings. The first-order valence-electron chi connectivity index (χ1n) is 4.91. The summed E-state index contributed by atoms with van der Waals surface area (Å²) >= 11 is 9.35. The molecule has 0 fully saturated rings. The van der Waals surface area contributed by atoms with E-state index in [-0.39, 0.29) is 0 Å². The Balaban J connectivity index is 2.82. The summed E-state index contributed by atoms with van der Waals surface area (Å²) in [5.74, 6) is 5.88. The van der Waals surface area contributed by atoms with E-state index in [4.69, 9.17) is 17.4 Å². The molecule has 0 atom stereocenters. The molecule has 0 aliphatic carbocycles. The molecule has 0 radical (unpaired) electrons. The molecular formula is C10H14BrClN4. The van der Waals surface area contributed by atoms with Crippen LogP contribution in [0.15, 0.2) is 27.7 Å². The Kier molecular flexibility index (Phi) is 5.59. The molecule has 1 rings (SSSR count). The van der Waals surface area contributed by atoms with Crippen LogP contribution in [0.1, 0.15) is 13.3 Å². The fourth-order valence-electron chi connectivity index (χ4n) is 1.07. The Morgan fingerprint density at radius 3 is 2.94 bits per heavy atom. The maximum atomic E-state index is 5.97. The van der Waals surface area contributed by atoms with Gasteiger partial charge in [-0.1, -0.05) is 24.6 Å². The highest BCUT2D eigenvalue weighted by atomic mass is 79.9. The normalized spacial score (nSPS) is 11.4. The molecule has 16 heavy (non-hydrogen) atoms. The van der Waals surface area contributed by atoms with Crippen molar-refractivity contribution in [3.63, 3.8) is 0 Å². The number of nitrogens with two attached hydrogens (primary N) is 1. The minimum absolute atomic E-state index is 0.518. The van der Waals surface area contributed by atoms with Gasteiger partial charge in [0.15, 0.2) is 0 Å². The van der Waals surface area contributed by atoms with Crippen molar-refractivity contribution in [3.8, 4) is 0 Å². The summed E-state index contributed by atoms with van der Waals surface area (Å²) in [4.78, 5) is 4.23. The van der Waals surface area contributed by atoms with Crippen LogP contribution in [-0.4, -0.2) is 12.5 Å². The number of rotatable bonds is 3. The largest absolute Gasteiger partial charge is 0.324 e. The van der Waals surface area contributed by atoms with E-state index < -0.39 is 0 Å². The fraction of sp³-hybridized carbons (Fsp3) is 0.300. The van der Waals surface area contributed by atoms with E-state index in [0.717, 1.165) is 16.6 Å². The average molecular weight is 306 g/mol. The van der Waals surface area contributed by atoms with Crippen LogP contribution in [-0.2, 0) is 0 Å². The molecule has 0 heterocycles. The van der Waals surface area contributed by atoms with Crippen molar-refractivity contribution in [2.75, 3.05) is 11.9 Å². The highest BCUT2D eigenvalue weighted by Crippen LogP contribution is 2.29. The molecule has 1 aromatic rings. The van der Waals surface area contributed by atoms with E-state index in [0.29, 0.717) is 17.5 Å². The number of nitrogens with zero attached hydrogens (tertiary/aromatic N) is 1. The maximum Gasteiger partial charge on any atom is 0.210 e. The zero-order valence-corrected chi connectivity index (χ0v) is 11.3. The van der Waals surface area contributed by atoms with E-state index in [1.165, 1.54) is 0 Å². The molecule has 6 heteroatoms. The smallest absolute Gasteiger partial charge is 0.210 e. The number of hydrogen-bond acceptors (Lipinski definition) is 2. The molecule has 0 saturated carbocycles. The van der Waals surface area contributed by atoms with Crippen LogP contribution in [0.5, 0.6) is 0 Å². The molecule has 0 unspecified atom stereocenters. The van der Waals surface area contributed by atoms with Crippen molar-refractivity contribution in [2.24, 2.45) is 10.8 Å². The third-order valence-corrected chi connectivity index (χ3v) is 3.23. The van der Waals surface area contributed by atoms with Gasteiger partial charge in [-0.2, -0.15) is 0 Å². The van der Waals surface area contributed by atoms with Gasteiger partial charge in [-0.05, 0) is 34.5 Å². The van der Waals surface area contributed by atoms with E-state index in [1.54, 1.807) is 6.07 Å². The van der Waals surface area contributed by atoms with Crippen LogP contribution >= 0.6 is 27.5 Å². The first kappa shape index (κ1) is 13.3. The zero-order valence-electron chi connectivity index (χ0n) is 8.93. The van der Waals surface area contributed by atoms with Gasteiger partial charge in [-0.3, -0.25) is 10.4 Å². The number of aliphatic imine (C=N–C) groups is 1. The number of halogens is 2. The number of hydrogen-bond donors (Lipinski definition) is 3. The number of nitrogens with one attached hydrogen (secondary N) is 2. The lowest BCUT2D eigenvalue weighted by Gasteiger charge is -2.11. The van der Waals surface area contributed by atoms with Gasteiger partial charge >= 0.3 is 0 Å². The molecule has 0 amide bonds. The quantitative estimate of drug-likeness (QED) is 0.348. The Morgan fingerprint density at radius 1 is 1.56 bits per heavy atom. The second-order valence-corrected chi connectivity index (χ2v) is 4.30. The van der Waals surface area contributed by atoms with E-state index in [2.05, 4.69) is 31.7 Å². The van der Waals surface area contributed by atoms with Gasteiger partial charge in [0.1, 0.15) is 0 Å². The molecule has 4 nitrogen and oxygen atoms in total. The van der Waals surface area contributed by atoms with E-state index >= 15 is 0 Å². The summed E-state index contributed by atoms with van der Waals surface area (Å²) in [7, 11) is 0. The lowest BCUT2D eigenvalue weighted by Crippen LogP contribution is -2.36. The first-order valence-corrected chi connectivity index (χ1v) is 6.08. The van der Waals surface area contributed by atoms with E-state index in [9.17, 15) is 0 Å². The number of anilines is 1. The minimum Gasteiger partial charge on any atom is -0.324 e.